The number of rotatable bonds is 10. The van der Waals surface area contributed by atoms with Crippen LogP contribution < -0.4 is 15.2 Å². The van der Waals surface area contributed by atoms with E-state index in [0.29, 0.717) is 30.9 Å². The summed E-state index contributed by atoms with van der Waals surface area (Å²) in [6.45, 7) is 8.21. The van der Waals surface area contributed by atoms with Gasteiger partial charge in [-0.25, -0.2) is 4.79 Å². The van der Waals surface area contributed by atoms with Gasteiger partial charge in [-0.3, -0.25) is 0 Å². The molecule has 0 atom stereocenters. The number of halogens is 1. The van der Waals surface area contributed by atoms with Crippen LogP contribution in [0.15, 0.2) is 11.6 Å². The van der Waals surface area contributed by atoms with Crippen molar-refractivity contribution in [3.63, 3.8) is 0 Å². The fraction of sp³-hybridized carbons (Fsp3) is 0.591. The minimum absolute atomic E-state index is 0.102. The van der Waals surface area contributed by atoms with Gasteiger partial charge in [-0.15, -0.1) is 0 Å². The molecule has 2 heterocycles. The molecule has 0 saturated carbocycles. The Bertz CT molecular complexity index is 786. The molecule has 0 radical (unpaired) electrons. The van der Waals surface area contributed by atoms with Crippen LogP contribution in [0.3, 0.4) is 0 Å². The van der Waals surface area contributed by atoms with Gasteiger partial charge in [0.05, 0.1) is 13.7 Å². The molecule has 1 fully saturated rings. The van der Waals surface area contributed by atoms with Crippen LogP contribution in [-0.2, 0) is 22.3 Å². The molecule has 2 N–H and O–H groups in total. The van der Waals surface area contributed by atoms with Crippen LogP contribution in [0.5, 0.6) is 11.5 Å². The molecule has 0 aromatic heterocycles. The van der Waals surface area contributed by atoms with E-state index < -0.39 is 0 Å². The fourth-order valence-corrected chi connectivity index (χ4v) is 5.19. The second-order valence-electron chi connectivity index (χ2n) is 7.22. The number of allylic oxidation sites excluding steroid dienone is 1. The van der Waals surface area contributed by atoms with Gasteiger partial charge in [0, 0.05) is 38.2 Å². The average molecular weight is 581 g/mol. The molecule has 0 unspecified atom stereocenters. The number of esters is 1. The maximum atomic E-state index is 12.2. The van der Waals surface area contributed by atoms with Gasteiger partial charge in [-0.1, -0.05) is 20.6 Å². The molecule has 0 bridgehead atoms. The Morgan fingerprint density at radius 2 is 2.10 bits per heavy atom. The molecule has 2 aliphatic rings. The first kappa shape index (κ1) is 26.7. The largest absolute Gasteiger partial charge is 0.496 e. The van der Waals surface area contributed by atoms with Gasteiger partial charge in [-0.2, -0.15) is 0 Å². The number of carbonyl (C=O) groups excluding carboxylic acids is 1. The second kappa shape index (κ2) is 13.9. The Kier molecular flexibility index (Phi) is 12.0. The summed E-state index contributed by atoms with van der Waals surface area (Å²) >= 11 is 2.23. The van der Waals surface area contributed by atoms with Crippen LogP contribution in [0, 0.1) is 6.92 Å². The second-order valence-corrected chi connectivity index (χ2v) is 11.8. The lowest BCUT2D eigenvalue weighted by molar-refractivity contribution is 0.0532. The topological polar surface area (TPSA) is 80.0 Å². The van der Waals surface area contributed by atoms with Crippen LogP contribution in [0.2, 0.25) is 0 Å². The molecule has 31 heavy (non-hydrogen) atoms. The van der Waals surface area contributed by atoms with E-state index in [2.05, 4.69) is 28.1 Å². The van der Waals surface area contributed by atoms with Crippen molar-refractivity contribution in [1.82, 2.24) is 0 Å². The van der Waals surface area contributed by atoms with E-state index in [0.717, 1.165) is 40.4 Å². The van der Waals surface area contributed by atoms with E-state index in [1.807, 2.05) is 19.9 Å². The van der Waals surface area contributed by atoms with Crippen molar-refractivity contribution in [2.75, 3.05) is 44.9 Å². The van der Waals surface area contributed by atoms with Crippen molar-refractivity contribution in [3.8, 4) is 11.5 Å². The first-order valence-corrected chi connectivity index (χ1v) is 15.6. The summed E-state index contributed by atoms with van der Waals surface area (Å²) in [7, 11) is 3.41. The van der Waals surface area contributed by atoms with Crippen molar-refractivity contribution in [3.05, 3.63) is 33.9 Å². The van der Waals surface area contributed by atoms with Crippen molar-refractivity contribution in [2.45, 2.75) is 40.2 Å². The van der Waals surface area contributed by atoms with Crippen molar-refractivity contribution in [2.24, 2.45) is 5.73 Å². The third kappa shape index (κ3) is 7.22. The molecule has 0 amide bonds. The molecular formula is C22H33INO5PS. The quantitative estimate of drug-likeness (QED) is 0.130. The van der Waals surface area contributed by atoms with E-state index in [9.17, 15) is 4.79 Å². The standard InChI is InChI=1S/C17H22INO4S.C5H11OP/c1-10(8-19)4-5-12-15(21-3)11(2)13-9-23-17(20)14(13)16(12)22-6-7-24-18;1-2-6-7-4-3-5-7/h4H,5-9,19H2,1-3H3;2-5H2,1H3/b10-4+;. The van der Waals surface area contributed by atoms with E-state index in [1.54, 1.807) is 16.0 Å². The number of hydrogen-bond acceptors (Lipinski definition) is 7. The van der Waals surface area contributed by atoms with E-state index in [-0.39, 0.29) is 20.7 Å². The summed E-state index contributed by atoms with van der Waals surface area (Å²) < 4.78 is 22.2. The molecule has 1 aromatic rings. The van der Waals surface area contributed by atoms with E-state index in [1.165, 1.54) is 18.7 Å². The number of fused-ring (bicyclic) bond motifs is 1. The van der Waals surface area contributed by atoms with Crippen molar-refractivity contribution >= 4 is 44.3 Å². The monoisotopic (exact) mass is 581 g/mol. The van der Waals surface area contributed by atoms with Gasteiger partial charge < -0.3 is 24.5 Å². The Balaban J connectivity index is 0.000000412. The number of benzene rings is 1. The number of cyclic esters (lactones) is 1. The molecule has 6 nitrogen and oxygen atoms in total. The van der Waals surface area contributed by atoms with Gasteiger partial charge in [-0.05, 0) is 72.7 Å². The summed E-state index contributed by atoms with van der Waals surface area (Å²) in [5.74, 6) is 1.85. The summed E-state index contributed by atoms with van der Waals surface area (Å²) in [5.41, 5.74) is 9.96. The smallest absolute Gasteiger partial charge is 0.342 e. The predicted molar refractivity (Wildman–Crippen MR) is 138 cm³/mol. The van der Waals surface area contributed by atoms with Crippen LogP contribution >= 0.6 is 38.3 Å². The predicted octanol–water partition coefficient (Wildman–Crippen LogP) is 5.41. The lowest BCUT2D eigenvalue weighted by atomic mass is 9.95. The number of hydrogen-bond donors (Lipinski definition) is 1. The Labute approximate surface area is 203 Å². The van der Waals surface area contributed by atoms with E-state index in [4.69, 9.17) is 24.5 Å². The van der Waals surface area contributed by atoms with E-state index >= 15 is 0 Å². The lowest BCUT2D eigenvalue weighted by Gasteiger charge is -2.24. The highest BCUT2D eigenvalue weighted by molar-refractivity contribution is 14.2. The zero-order valence-electron chi connectivity index (χ0n) is 18.8. The zero-order chi connectivity index (χ0) is 22.8. The fourth-order valence-electron chi connectivity index (χ4n) is 3.30. The molecule has 9 heteroatoms. The number of carbonyl (C=O) groups is 1. The summed E-state index contributed by atoms with van der Waals surface area (Å²) in [6, 6.07) is 0. The third-order valence-corrected chi connectivity index (χ3v) is 9.03. The molecule has 0 aliphatic carbocycles. The molecule has 174 valence electrons. The van der Waals surface area contributed by atoms with Gasteiger partial charge in [0.1, 0.15) is 23.7 Å². The Morgan fingerprint density at radius 1 is 1.35 bits per heavy atom. The van der Waals surface area contributed by atoms with Gasteiger partial charge >= 0.3 is 5.97 Å². The minimum Gasteiger partial charge on any atom is -0.496 e. The summed E-state index contributed by atoms with van der Waals surface area (Å²) in [6.07, 6.45) is 6.78. The van der Waals surface area contributed by atoms with Crippen LogP contribution in [0.4, 0.5) is 0 Å². The van der Waals surface area contributed by atoms with Crippen LogP contribution in [0.1, 0.15) is 47.3 Å². The average Bonchev–Trinajstić information content (AvgIpc) is 3.13. The molecule has 3 rings (SSSR count). The zero-order valence-corrected chi connectivity index (χ0v) is 22.7. The lowest BCUT2D eigenvalue weighted by Crippen LogP contribution is -2.10. The SMILES string of the molecule is CCOP1CCC1.COc1c(C)c2c(c(OCCSI)c1C/C=C(\C)CN)C(=O)OC2. The molecule has 0 spiro atoms. The minimum atomic E-state index is -0.325. The maximum Gasteiger partial charge on any atom is 0.342 e. The molecule has 1 aromatic carbocycles. The Hall–Kier alpha value is -0.540. The molecular weight excluding hydrogens is 548 g/mol. The Morgan fingerprint density at radius 3 is 2.61 bits per heavy atom. The summed E-state index contributed by atoms with van der Waals surface area (Å²) in [4.78, 5) is 12.2. The van der Waals surface area contributed by atoms with Crippen molar-refractivity contribution in [1.29, 1.82) is 0 Å². The van der Waals surface area contributed by atoms with Crippen LogP contribution in [-0.4, -0.2) is 50.9 Å². The number of ether oxygens (including phenoxy) is 3. The highest BCUT2D eigenvalue weighted by Crippen LogP contribution is 2.46. The maximum absolute atomic E-state index is 12.2. The number of nitrogens with two attached hydrogens (primary N) is 1. The normalized spacial score (nSPS) is 15.5. The highest BCUT2D eigenvalue weighted by atomic mass is 127. The first-order valence-electron chi connectivity index (χ1n) is 10.5. The molecule has 1 saturated heterocycles. The highest BCUT2D eigenvalue weighted by Gasteiger charge is 2.33. The van der Waals surface area contributed by atoms with Gasteiger partial charge in [0.15, 0.2) is 0 Å². The first-order chi connectivity index (χ1) is 15.0. The van der Waals surface area contributed by atoms with Gasteiger partial charge in [0.2, 0.25) is 0 Å². The number of methoxy groups -OCH3 is 1. The van der Waals surface area contributed by atoms with Gasteiger partial charge in [0.25, 0.3) is 0 Å². The summed E-state index contributed by atoms with van der Waals surface area (Å²) in [5, 5.41) is 0. The van der Waals surface area contributed by atoms with Crippen LogP contribution in [0.25, 0.3) is 0 Å². The van der Waals surface area contributed by atoms with Crippen molar-refractivity contribution < 1.29 is 23.5 Å². The molecule has 2 aliphatic heterocycles. The third-order valence-electron chi connectivity index (χ3n) is 5.14.